The number of hydrogen-bond donors (Lipinski definition) is 0. The van der Waals surface area contributed by atoms with Gasteiger partial charge in [-0.2, -0.15) is 0 Å². The number of esters is 1. The van der Waals surface area contributed by atoms with Crippen LogP contribution in [0.15, 0.2) is 66.9 Å². The van der Waals surface area contributed by atoms with E-state index in [0.717, 1.165) is 28.5 Å². The van der Waals surface area contributed by atoms with Gasteiger partial charge in [-0.3, -0.25) is 9.78 Å². The number of fused-ring (bicyclic) bond motifs is 2. The van der Waals surface area contributed by atoms with E-state index in [0.29, 0.717) is 13.1 Å². The molecule has 1 aliphatic rings. The first kappa shape index (κ1) is 17.9. The Bertz CT molecular complexity index is 1050. The van der Waals surface area contributed by atoms with Crippen LogP contribution < -0.4 is 0 Å². The Hall–Kier alpha value is -3.47. The minimum Gasteiger partial charge on any atom is -0.452 e. The Morgan fingerprint density at radius 1 is 1.04 bits per heavy atom. The summed E-state index contributed by atoms with van der Waals surface area (Å²) in [5.41, 5.74) is 4.07. The smallest absolute Gasteiger partial charge is 0.331 e. The van der Waals surface area contributed by atoms with Gasteiger partial charge < -0.3 is 9.64 Å². The summed E-state index contributed by atoms with van der Waals surface area (Å²) in [4.78, 5) is 30.5. The summed E-state index contributed by atoms with van der Waals surface area (Å²) in [6.45, 7) is 0.952. The quantitative estimate of drug-likeness (QED) is 0.520. The van der Waals surface area contributed by atoms with Gasteiger partial charge in [-0.05, 0) is 29.7 Å². The van der Waals surface area contributed by atoms with E-state index in [-0.39, 0.29) is 12.5 Å². The number of nitrogens with zero attached hydrogens (tertiary/aromatic N) is 2. The lowest BCUT2D eigenvalue weighted by Gasteiger charge is -2.28. The van der Waals surface area contributed by atoms with Crippen molar-refractivity contribution in [1.82, 2.24) is 9.88 Å². The van der Waals surface area contributed by atoms with Gasteiger partial charge in [0.2, 0.25) is 0 Å². The lowest BCUT2D eigenvalue weighted by molar-refractivity contribution is -0.148. The molecule has 0 spiro atoms. The highest BCUT2D eigenvalue weighted by Gasteiger charge is 2.20. The molecule has 0 N–H and O–H groups in total. The van der Waals surface area contributed by atoms with E-state index in [1.807, 2.05) is 48.5 Å². The largest absolute Gasteiger partial charge is 0.452 e. The van der Waals surface area contributed by atoms with E-state index >= 15 is 0 Å². The molecule has 4 rings (SSSR count). The highest BCUT2D eigenvalue weighted by atomic mass is 16.5. The van der Waals surface area contributed by atoms with Crippen LogP contribution in [0.25, 0.3) is 17.0 Å². The van der Waals surface area contributed by atoms with Gasteiger partial charge >= 0.3 is 5.97 Å². The lowest BCUT2D eigenvalue weighted by atomic mass is 10.00. The monoisotopic (exact) mass is 372 g/mol. The Morgan fingerprint density at radius 2 is 1.86 bits per heavy atom. The molecule has 0 atom stereocenters. The molecule has 0 radical (unpaired) electrons. The number of carbonyl (C=O) groups is 2. The fraction of sp³-hybridized carbons (Fsp3) is 0.174. The summed E-state index contributed by atoms with van der Waals surface area (Å²) in [5, 5.41) is 0.999. The Balaban J connectivity index is 1.34. The van der Waals surface area contributed by atoms with Gasteiger partial charge in [0.05, 0.1) is 5.52 Å². The zero-order valence-electron chi connectivity index (χ0n) is 15.4. The molecular formula is C23H20N2O3. The summed E-state index contributed by atoms with van der Waals surface area (Å²) in [7, 11) is 0. The molecule has 5 nitrogen and oxygen atoms in total. The van der Waals surface area contributed by atoms with Gasteiger partial charge in [-0.25, -0.2) is 4.79 Å². The number of ether oxygens (including phenoxy) is 1. The molecule has 3 aromatic rings. The average molecular weight is 372 g/mol. The van der Waals surface area contributed by atoms with Crippen molar-refractivity contribution < 1.29 is 14.3 Å². The van der Waals surface area contributed by atoms with Gasteiger partial charge in [0.1, 0.15) is 0 Å². The number of benzene rings is 2. The van der Waals surface area contributed by atoms with Crippen molar-refractivity contribution in [2.75, 3.05) is 13.2 Å². The van der Waals surface area contributed by atoms with E-state index in [2.05, 4.69) is 11.1 Å². The molecule has 0 saturated carbocycles. The van der Waals surface area contributed by atoms with Gasteiger partial charge in [0.15, 0.2) is 6.61 Å². The molecule has 0 aliphatic carbocycles. The van der Waals surface area contributed by atoms with Gasteiger partial charge in [-0.1, -0.05) is 48.5 Å². The first-order chi connectivity index (χ1) is 13.7. The van der Waals surface area contributed by atoms with E-state index in [4.69, 9.17) is 4.74 Å². The standard InChI is InChI=1S/C23H20N2O3/c26-21(25-14-12-17-5-1-2-6-20(17)15-25)16-28-22(27)11-10-19-8-3-7-18-9-4-13-24-23(18)19/h1-11,13H,12,14-16H2/b11-10+. The first-order valence-electron chi connectivity index (χ1n) is 9.24. The summed E-state index contributed by atoms with van der Waals surface area (Å²) in [6, 6.07) is 17.7. The molecule has 0 saturated heterocycles. The summed E-state index contributed by atoms with van der Waals surface area (Å²) < 4.78 is 5.14. The van der Waals surface area contributed by atoms with Crippen molar-refractivity contribution in [3.05, 3.63) is 83.6 Å². The SMILES string of the molecule is O=C(/C=C/c1cccc2cccnc12)OCC(=O)N1CCc2ccccc2C1. The molecule has 5 heteroatoms. The van der Waals surface area contributed by atoms with Crippen molar-refractivity contribution in [1.29, 1.82) is 0 Å². The molecule has 1 amide bonds. The minimum atomic E-state index is -0.543. The predicted octanol–water partition coefficient (Wildman–Crippen LogP) is 3.38. The molecule has 2 aromatic carbocycles. The van der Waals surface area contributed by atoms with Crippen molar-refractivity contribution in [2.24, 2.45) is 0 Å². The number of amides is 1. The minimum absolute atomic E-state index is 0.178. The van der Waals surface area contributed by atoms with Crippen LogP contribution in [0.2, 0.25) is 0 Å². The summed E-state index contributed by atoms with van der Waals surface area (Å²) >= 11 is 0. The van der Waals surface area contributed by atoms with E-state index < -0.39 is 5.97 Å². The van der Waals surface area contributed by atoms with Crippen LogP contribution in [0.5, 0.6) is 0 Å². The van der Waals surface area contributed by atoms with Crippen molar-refractivity contribution in [3.8, 4) is 0 Å². The Morgan fingerprint density at radius 3 is 2.75 bits per heavy atom. The molecule has 0 unspecified atom stereocenters. The van der Waals surface area contributed by atoms with Crippen molar-refractivity contribution in [3.63, 3.8) is 0 Å². The van der Waals surface area contributed by atoms with E-state index in [1.54, 1.807) is 17.2 Å². The van der Waals surface area contributed by atoms with Gasteiger partial charge in [0.25, 0.3) is 5.91 Å². The zero-order valence-corrected chi connectivity index (χ0v) is 15.4. The van der Waals surface area contributed by atoms with Crippen molar-refractivity contribution in [2.45, 2.75) is 13.0 Å². The fourth-order valence-corrected chi connectivity index (χ4v) is 3.40. The van der Waals surface area contributed by atoms with Gasteiger partial charge in [-0.15, -0.1) is 0 Å². The third-order valence-electron chi connectivity index (χ3n) is 4.88. The van der Waals surface area contributed by atoms with Crippen LogP contribution in [0, 0.1) is 0 Å². The van der Waals surface area contributed by atoms with E-state index in [1.165, 1.54) is 11.6 Å². The lowest BCUT2D eigenvalue weighted by Crippen LogP contribution is -2.38. The molecule has 1 aliphatic heterocycles. The predicted molar refractivity (Wildman–Crippen MR) is 107 cm³/mol. The summed E-state index contributed by atoms with van der Waals surface area (Å²) in [5.74, 6) is -0.721. The number of hydrogen-bond acceptors (Lipinski definition) is 4. The maximum Gasteiger partial charge on any atom is 0.331 e. The second-order valence-electron chi connectivity index (χ2n) is 6.70. The van der Waals surface area contributed by atoms with Crippen LogP contribution in [-0.4, -0.2) is 34.9 Å². The Labute approximate surface area is 163 Å². The van der Waals surface area contributed by atoms with Crippen LogP contribution in [0.1, 0.15) is 16.7 Å². The number of para-hydroxylation sites is 1. The van der Waals surface area contributed by atoms with Crippen molar-refractivity contribution >= 4 is 28.9 Å². The van der Waals surface area contributed by atoms with Crippen LogP contribution in [-0.2, 0) is 27.3 Å². The third kappa shape index (κ3) is 3.93. The second-order valence-corrected chi connectivity index (χ2v) is 6.70. The maximum atomic E-state index is 12.4. The second kappa shape index (κ2) is 8.05. The van der Waals surface area contributed by atoms with Gasteiger partial charge in [0, 0.05) is 36.3 Å². The molecule has 2 heterocycles. The summed E-state index contributed by atoms with van der Waals surface area (Å²) in [6.07, 6.45) is 5.54. The number of aromatic nitrogens is 1. The molecular weight excluding hydrogens is 352 g/mol. The number of rotatable bonds is 4. The normalized spacial score (nSPS) is 13.5. The molecule has 140 valence electrons. The zero-order chi connectivity index (χ0) is 19.3. The molecule has 0 bridgehead atoms. The highest BCUT2D eigenvalue weighted by Crippen LogP contribution is 2.19. The molecule has 1 aromatic heterocycles. The van der Waals surface area contributed by atoms with Crippen LogP contribution in [0.3, 0.4) is 0 Å². The number of pyridine rings is 1. The molecule has 0 fully saturated rings. The average Bonchev–Trinajstić information content (AvgIpc) is 2.75. The van der Waals surface area contributed by atoms with Crippen LogP contribution >= 0.6 is 0 Å². The number of carbonyl (C=O) groups excluding carboxylic acids is 2. The molecule has 28 heavy (non-hydrogen) atoms. The third-order valence-corrected chi connectivity index (χ3v) is 4.88. The fourth-order valence-electron chi connectivity index (χ4n) is 3.40. The first-order valence-corrected chi connectivity index (χ1v) is 9.24. The highest BCUT2D eigenvalue weighted by molar-refractivity contribution is 5.93. The Kier molecular flexibility index (Phi) is 5.15. The van der Waals surface area contributed by atoms with Crippen LogP contribution in [0.4, 0.5) is 0 Å². The topological polar surface area (TPSA) is 59.5 Å². The van der Waals surface area contributed by atoms with E-state index in [9.17, 15) is 9.59 Å². The maximum absolute atomic E-state index is 12.4.